The van der Waals surface area contributed by atoms with Crippen molar-refractivity contribution in [2.45, 2.75) is 22.8 Å². The van der Waals surface area contributed by atoms with Crippen LogP contribution >= 0.6 is 23.4 Å². The quantitative estimate of drug-likeness (QED) is 0.593. The Morgan fingerprint density at radius 2 is 1.95 bits per heavy atom. The second-order valence-corrected chi connectivity index (χ2v) is 7.29. The van der Waals surface area contributed by atoms with Crippen molar-refractivity contribution in [3.8, 4) is 0 Å². The molecule has 22 heavy (non-hydrogen) atoms. The van der Waals surface area contributed by atoms with Crippen LogP contribution in [0.2, 0.25) is 5.02 Å². The van der Waals surface area contributed by atoms with Gasteiger partial charge in [-0.05, 0) is 43.7 Å². The van der Waals surface area contributed by atoms with Crippen LogP contribution in [0, 0.1) is 0 Å². The molecule has 0 spiro atoms. The lowest BCUT2D eigenvalue weighted by molar-refractivity contribution is 0.313. The summed E-state index contributed by atoms with van der Waals surface area (Å²) in [4.78, 5) is 8.19. The standard InChI is InChI=1S/C18H17ClN2S/c1-21-10-7-12(8-11-21)16-13-4-3-9-20-18(13)22-15-6-2-5-14(19)17(15)16/h2-6,9H,7-8,10-11H2,1H3. The number of hydrogen-bond donors (Lipinski definition) is 0. The molecule has 0 atom stereocenters. The molecule has 2 nitrogen and oxygen atoms in total. The Balaban J connectivity index is 1.95. The lowest BCUT2D eigenvalue weighted by Gasteiger charge is -2.30. The summed E-state index contributed by atoms with van der Waals surface area (Å²) in [5.41, 5.74) is 5.29. The SMILES string of the molecule is CN1CCC(=C2c3cccnc3Sc3cccc(Cl)c32)CC1. The number of rotatable bonds is 0. The van der Waals surface area contributed by atoms with Gasteiger partial charge in [0.1, 0.15) is 5.03 Å². The summed E-state index contributed by atoms with van der Waals surface area (Å²) in [6, 6.07) is 10.4. The molecule has 0 saturated carbocycles. The smallest absolute Gasteiger partial charge is 0.109 e. The van der Waals surface area contributed by atoms with E-state index < -0.39 is 0 Å². The zero-order valence-electron chi connectivity index (χ0n) is 12.5. The van der Waals surface area contributed by atoms with E-state index in [1.807, 2.05) is 24.4 Å². The minimum Gasteiger partial charge on any atom is -0.306 e. The van der Waals surface area contributed by atoms with Crippen LogP contribution in [-0.4, -0.2) is 30.0 Å². The zero-order chi connectivity index (χ0) is 15.1. The van der Waals surface area contributed by atoms with Crippen molar-refractivity contribution in [3.63, 3.8) is 0 Å². The number of hydrogen-bond acceptors (Lipinski definition) is 3. The van der Waals surface area contributed by atoms with E-state index in [4.69, 9.17) is 11.6 Å². The van der Waals surface area contributed by atoms with Crippen molar-refractivity contribution in [1.82, 2.24) is 9.88 Å². The van der Waals surface area contributed by atoms with E-state index in [0.29, 0.717) is 0 Å². The first-order chi connectivity index (χ1) is 10.7. The van der Waals surface area contributed by atoms with E-state index in [-0.39, 0.29) is 0 Å². The summed E-state index contributed by atoms with van der Waals surface area (Å²) in [7, 11) is 2.19. The van der Waals surface area contributed by atoms with Gasteiger partial charge in [0.05, 0.1) is 0 Å². The molecule has 3 heterocycles. The average Bonchev–Trinajstić information content (AvgIpc) is 2.54. The number of benzene rings is 1. The van der Waals surface area contributed by atoms with Crippen molar-refractivity contribution in [3.05, 3.63) is 58.3 Å². The number of pyridine rings is 1. The van der Waals surface area contributed by atoms with Crippen molar-refractivity contribution in [2.75, 3.05) is 20.1 Å². The van der Waals surface area contributed by atoms with Gasteiger partial charge in [-0.25, -0.2) is 4.98 Å². The van der Waals surface area contributed by atoms with E-state index in [0.717, 1.165) is 36.0 Å². The minimum atomic E-state index is 0.848. The van der Waals surface area contributed by atoms with Crippen LogP contribution in [0.25, 0.3) is 5.57 Å². The van der Waals surface area contributed by atoms with Crippen LogP contribution in [0.5, 0.6) is 0 Å². The van der Waals surface area contributed by atoms with Gasteiger partial charge in [-0.15, -0.1) is 0 Å². The lowest BCUT2D eigenvalue weighted by Crippen LogP contribution is -2.27. The monoisotopic (exact) mass is 328 g/mol. The molecule has 2 aliphatic rings. The summed E-state index contributed by atoms with van der Waals surface area (Å²) in [6.45, 7) is 2.22. The van der Waals surface area contributed by atoms with Crippen LogP contribution in [0.1, 0.15) is 24.0 Å². The maximum atomic E-state index is 6.57. The van der Waals surface area contributed by atoms with Gasteiger partial charge >= 0.3 is 0 Å². The molecule has 4 heteroatoms. The van der Waals surface area contributed by atoms with Crippen molar-refractivity contribution < 1.29 is 0 Å². The van der Waals surface area contributed by atoms with Gasteiger partial charge in [0.15, 0.2) is 0 Å². The zero-order valence-corrected chi connectivity index (χ0v) is 14.0. The van der Waals surface area contributed by atoms with Gasteiger partial charge in [0, 0.05) is 40.3 Å². The van der Waals surface area contributed by atoms with Crippen molar-refractivity contribution in [1.29, 1.82) is 0 Å². The molecular weight excluding hydrogens is 312 g/mol. The molecule has 0 bridgehead atoms. The molecule has 0 N–H and O–H groups in total. The Morgan fingerprint density at radius 3 is 2.77 bits per heavy atom. The summed E-state index contributed by atoms with van der Waals surface area (Å²) < 4.78 is 0. The number of aromatic nitrogens is 1. The van der Waals surface area contributed by atoms with E-state index >= 15 is 0 Å². The molecule has 2 aromatic rings. The first kappa shape index (κ1) is 14.3. The van der Waals surface area contributed by atoms with E-state index in [1.54, 1.807) is 11.8 Å². The molecule has 0 unspecified atom stereocenters. The Hall–Kier alpha value is -1.29. The summed E-state index contributed by atoms with van der Waals surface area (Å²) in [5, 5.41) is 1.94. The highest BCUT2D eigenvalue weighted by atomic mass is 35.5. The number of piperidine rings is 1. The van der Waals surface area contributed by atoms with Gasteiger partial charge in [-0.2, -0.15) is 0 Å². The average molecular weight is 329 g/mol. The second kappa shape index (κ2) is 5.73. The largest absolute Gasteiger partial charge is 0.306 e. The minimum absolute atomic E-state index is 0.848. The topological polar surface area (TPSA) is 16.1 Å². The Labute approximate surface area is 140 Å². The molecule has 1 aromatic heterocycles. The van der Waals surface area contributed by atoms with E-state index in [9.17, 15) is 0 Å². The number of likely N-dealkylation sites (tertiary alicyclic amines) is 1. The van der Waals surface area contributed by atoms with Gasteiger partial charge in [0.25, 0.3) is 0 Å². The molecular formula is C18H17ClN2S. The van der Waals surface area contributed by atoms with Crippen LogP contribution in [0.4, 0.5) is 0 Å². The highest BCUT2D eigenvalue weighted by Crippen LogP contribution is 2.49. The van der Waals surface area contributed by atoms with Crippen LogP contribution in [-0.2, 0) is 0 Å². The second-order valence-electron chi connectivity index (χ2n) is 5.85. The maximum Gasteiger partial charge on any atom is 0.109 e. The number of halogens is 1. The molecule has 4 rings (SSSR count). The third kappa shape index (κ3) is 2.37. The third-order valence-electron chi connectivity index (χ3n) is 4.42. The lowest BCUT2D eigenvalue weighted by atomic mass is 9.89. The maximum absolute atomic E-state index is 6.57. The number of fused-ring (bicyclic) bond motifs is 2. The molecule has 112 valence electrons. The molecule has 1 aromatic carbocycles. The molecule has 1 saturated heterocycles. The molecule has 0 amide bonds. The molecule has 1 fully saturated rings. The van der Waals surface area contributed by atoms with E-state index in [2.05, 4.69) is 29.1 Å². The molecule has 0 radical (unpaired) electrons. The Bertz CT molecular complexity index is 759. The molecule has 2 aliphatic heterocycles. The normalized spacial score (nSPS) is 18.1. The van der Waals surface area contributed by atoms with Crippen LogP contribution < -0.4 is 0 Å². The van der Waals surface area contributed by atoms with Gasteiger partial charge in [-0.1, -0.05) is 41.1 Å². The summed E-state index contributed by atoms with van der Waals surface area (Å²) >= 11 is 8.30. The van der Waals surface area contributed by atoms with E-state index in [1.165, 1.54) is 27.2 Å². The van der Waals surface area contributed by atoms with Crippen molar-refractivity contribution >= 4 is 28.9 Å². The Morgan fingerprint density at radius 1 is 1.14 bits per heavy atom. The fourth-order valence-electron chi connectivity index (χ4n) is 3.24. The predicted molar refractivity (Wildman–Crippen MR) is 92.6 cm³/mol. The predicted octanol–water partition coefficient (Wildman–Crippen LogP) is 4.73. The molecule has 0 aliphatic carbocycles. The summed E-state index contributed by atoms with van der Waals surface area (Å²) in [6.07, 6.45) is 4.09. The first-order valence-corrected chi connectivity index (χ1v) is 8.76. The third-order valence-corrected chi connectivity index (χ3v) is 5.81. The van der Waals surface area contributed by atoms with Crippen LogP contribution in [0.15, 0.2) is 52.0 Å². The van der Waals surface area contributed by atoms with Crippen molar-refractivity contribution in [2.24, 2.45) is 0 Å². The fraction of sp³-hybridized carbons (Fsp3) is 0.278. The van der Waals surface area contributed by atoms with Gasteiger partial charge < -0.3 is 4.90 Å². The number of nitrogens with zero attached hydrogens (tertiary/aromatic N) is 2. The fourth-order valence-corrected chi connectivity index (χ4v) is 4.63. The highest BCUT2D eigenvalue weighted by molar-refractivity contribution is 7.99. The first-order valence-electron chi connectivity index (χ1n) is 7.57. The summed E-state index contributed by atoms with van der Waals surface area (Å²) in [5.74, 6) is 0. The Kier molecular flexibility index (Phi) is 3.73. The van der Waals surface area contributed by atoms with Gasteiger partial charge in [-0.3, -0.25) is 0 Å². The highest BCUT2D eigenvalue weighted by Gasteiger charge is 2.27. The van der Waals surface area contributed by atoms with Gasteiger partial charge in [0.2, 0.25) is 0 Å². The van der Waals surface area contributed by atoms with Crippen LogP contribution in [0.3, 0.4) is 0 Å².